The lowest BCUT2D eigenvalue weighted by Crippen LogP contribution is -2.34. The van der Waals surface area contributed by atoms with Crippen LogP contribution in [0.4, 0.5) is 0 Å². The van der Waals surface area contributed by atoms with Crippen molar-refractivity contribution in [2.24, 2.45) is 15.8 Å². The van der Waals surface area contributed by atoms with Crippen molar-refractivity contribution in [3.8, 4) is 0 Å². The lowest BCUT2D eigenvalue weighted by molar-refractivity contribution is -0.138. The fourth-order valence-corrected chi connectivity index (χ4v) is 4.37. The fourth-order valence-electron chi connectivity index (χ4n) is 4.37. The van der Waals surface area contributed by atoms with E-state index in [1.165, 1.54) is 6.92 Å². The van der Waals surface area contributed by atoms with E-state index in [2.05, 4.69) is 10.1 Å². The summed E-state index contributed by atoms with van der Waals surface area (Å²) in [5, 5.41) is 24.0. The molecular weight excluding hydrogens is 400 g/mol. The van der Waals surface area contributed by atoms with E-state index in [1.807, 2.05) is 27.7 Å². The van der Waals surface area contributed by atoms with Gasteiger partial charge in [0.1, 0.15) is 17.6 Å². The van der Waals surface area contributed by atoms with Gasteiger partial charge in [-0.3, -0.25) is 14.6 Å². The molecule has 1 aromatic rings. The number of aromatic nitrogens is 1. The number of carboxylic acids is 1. The highest BCUT2D eigenvalue weighted by Gasteiger charge is 2.38. The summed E-state index contributed by atoms with van der Waals surface area (Å²) in [4.78, 5) is 40.9. The number of Topliss-reactive ketones (excluding diaryl/α,β-unsaturated/α-hetero) is 2. The zero-order chi connectivity index (χ0) is 23.1. The molecule has 8 heteroatoms. The van der Waals surface area contributed by atoms with Gasteiger partial charge in [-0.1, -0.05) is 32.9 Å². The van der Waals surface area contributed by atoms with E-state index < -0.39 is 12.0 Å². The number of hydrogen-bond acceptors (Lipinski definition) is 7. The predicted molar refractivity (Wildman–Crippen MR) is 113 cm³/mol. The molecule has 2 N–H and O–H groups in total. The average molecular weight is 431 g/mol. The Morgan fingerprint density at radius 1 is 1.06 bits per heavy atom. The number of ketones is 2. The Balaban J connectivity index is 1.88. The van der Waals surface area contributed by atoms with Crippen LogP contribution < -0.4 is 0 Å². The summed E-state index contributed by atoms with van der Waals surface area (Å²) in [6, 6.07) is -1.02. The van der Waals surface area contributed by atoms with E-state index in [-0.39, 0.29) is 53.0 Å². The predicted octanol–water partition coefficient (Wildman–Crippen LogP) is 3.88. The number of aliphatic imine (C=N–C) groups is 1. The van der Waals surface area contributed by atoms with Gasteiger partial charge in [0.2, 0.25) is 0 Å². The van der Waals surface area contributed by atoms with Gasteiger partial charge in [0.15, 0.2) is 11.6 Å². The van der Waals surface area contributed by atoms with Crippen molar-refractivity contribution in [3.05, 3.63) is 28.3 Å². The third kappa shape index (κ3) is 4.94. The molecule has 0 bridgehead atoms. The molecule has 1 unspecified atom stereocenters. The molecule has 0 radical (unpaired) electrons. The Morgan fingerprint density at radius 2 is 1.68 bits per heavy atom. The van der Waals surface area contributed by atoms with Gasteiger partial charge in [-0.25, -0.2) is 4.79 Å². The molecule has 0 spiro atoms. The minimum absolute atomic E-state index is 0.0253. The number of hydrogen-bond donors (Lipinski definition) is 2. The lowest BCUT2D eigenvalue weighted by atomic mass is 9.73. The number of fused-ring (bicyclic) bond motifs is 1. The quantitative estimate of drug-likeness (QED) is 0.535. The van der Waals surface area contributed by atoms with Gasteiger partial charge in [0.05, 0.1) is 22.5 Å². The first-order valence-electron chi connectivity index (χ1n) is 10.6. The number of rotatable bonds is 5. The molecule has 1 heterocycles. The molecule has 2 aliphatic rings. The average Bonchev–Trinajstić information content (AvgIpc) is 2.99. The second-order valence-electron chi connectivity index (χ2n) is 10.2. The van der Waals surface area contributed by atoms with Gasteiger partial charge in [0, 0.05) is 32.1 Å². The maximum absolute atomic E-state index is 12.8. The number of aliphatic hydroxyl groups excluding tert-OH is 1. The van der Waals surface area contributed by atoms with Crippen LogP contribution in [0.15, 0.2) is 20.8 Å². The number of aryl methyl sites for hydroxylation is 1. The zero-order valence-corrected chi connectivity index (χ0v) is 18.7. The highest BCUT2D eigenvalue weighted by atomic mass is 16.5. The van der Waals surface area contributed by atoms with Crippen molar-refractivity contribution in [2.45, 2.75) is 79.2 Å². The standard InChI is InChI=1S/C23H30N2O6/c1-12(21(29)30)24-14-8-22(2,3)9-16(27)19(14)15(26)7-6-13-20-17(28)10-23(4,5)11-18(20)31-25-13/h12,26H,6-11H2,1-5H3,(H,29,30)/b19-15+,24-14?. The molecule has 0 aromatic carbocycles. The van der Waals surface area contributed by atoms with Gasteiger partial charge in [-0.15, -0.1) is 0 Å². The van der Waals surface area contributed by atoms with Crippen LogP contribution >= 0.6 is 0 Å². The number of carbonyl (C=O) groups excluding carboxylic acids is 2. The number of carbonyl (C=O) groups is 3. The molecule has 0 aliphatic heterocycles. The molecule has 31 heavy (non-hydrogen) atoms. The summed E-state index contributed by atoms with van der Waals surface area (Å²) in [5.74, 6) is -0.973. The highest BCUT2D eigenvalue weighted by Crippen LogP contribution is 2.38. The van der Waals surface area contributed by atoms with Crippen molar-refractivity contribution in [2.75, 3.05) is 0 Å². The summed E-state index contributed by atoms with van der Waals surface area (Å²) in [5.41, 5.74) is 0.817. The van der Waals surface area contributed by atoms with E-state index in [9.17, 15) is 24.6 Å². The molecule has 1 aromatic heterocycles. The van der Waals surface area contributed by atoms with Crippen molar-refractivity contribution >= 4 is 23.2 Å². The lowest BCUT2D eigenvalue weighted by Gasteiger charge is -2.31. The molecule has 2 aliphatic carbocycles. The molecule has 0 saturated heterocycles. The first kappa shape index (κ1) is 22.9. The van der Waals surface area contributed by atoms with Crippen LogP contribution in [0.5, 0.6) is 0 Å². The Labute approximate surface area is 181 Å². The maximum atomic E-state index is 12.8. The van der Waals surface area contributed by atoms with Gasteiger partial charge in [-0.2, -0.15) is 0 Å². The monoisotopic (exact) mass is 430 g/mol. The van der Waals surface area contributed by atoms with Crippen molar-refractivity contribution in [3.63, 3.8) is 0 Å². The van der Waals surface area contributed by atoms with Gasteiger partial charge >= 0.3 is 5.97 Å². The molecule has 0 amide bonds. The van der Waals surface area contributed by atoms with E-state index in [4.69, 9.17) is 4.52 Å². The molecule has 168 valence electrons. The van der Waals surface area contributed by atoms with E-state index >= 15 is 0 Å². The Bertz CT molecular complexity index is 996. The third-order valence-corrected chi connectivity index (χ3v) is 5.84. The molecule has 1 atom stereocenters. The smallest absolute Gasteiger partial charge is 0.328 e. The molecule has 1 fully saturated rings. The number of aliphatic carboxylic acids is 1. The number of nitrogens with zero attached hydrogens (tertiary/aromatic N) is 2. The second kappa shape index (κ2) is 8.05. The number of carboxylic acid groups (broad SMARTS) is 1. The Kier molecular flexibility index (Phi) is 5.95. The third-order valence-electron chi connectivity index (χ3n) is 5.84. The van der Waals surface area contributed by atoms with Crippen LogP contribution in [0.25, 0.3) is 0 Å². The zero-order valence-electron chi connectivity index (χ0n) is 18.7. The first-order chi connectivity index (χ1) is 14.3. The normalized spacial score (nSPS) is 24.1. The maximum Gasteiger partial charge on any atom is 0.328 e. The van der Waals surface area contributed by atoms with Gasteiger partial charge < -0.3 is 14.7 Å². The van der Waals surface area contributed by atoms with Crippen LogP contribution in [0.1, 0.15) is 82.1 Å². The van der Waals surface area contributed by atoms with Crippen LogP contribution in [0.3, 0.4) is 0 Å². The topological polar surface area (TPSA) is 130 Å². The molecule has 3 rings (SSSR count). The van der Waals surface area contributed by atoms with Crippen molar-refractivity contribution in [1.29, 1.82) is 0 Å². The van der Waals surface area contributed by atoms with E-state index in [0.717, 1.165) is 0 Å². The minimum Gasteiger partial charge on any atom is -0.511 e. The largest absolute Gasteiger partial charge is 0.511 e. The van der Waals surface area contributed by atoms with E-state index in [1.54, 1.807) is 0 Å². The summed E-state index contributed by atoms with van der Waals surface area (Å²) >= 11 is 0. The number of allylic oxidation sites excluding steroid dienone is 2. The fraction of sp³-hybridized carbons (Fsp3) is 0.609. The van der Waals surface area contributed by atoms with E-state index in [0.29, 0.717) is 42.0 Å². The van der Waals surface area contributed by atoms with Gasteiger partial charge in [-0.05, 0) is 24.2 Å². The SMILES string of the molecule is CC(N=C1CC(C)(C)CC(=O)/C1=C(/O)CCc1noc2c1C(=O)CC(C)(C)C2)C(=O)O. The Hall–Kier alpha value is -2.77. The number of aliphatic hydroxyl groups is 1. The molecular formula is C23H30N2O6. The van der Waals surface area contributed by atoms with Crippen molar-refractivity contribution < 1.29 is 29.1 Å². The second-order valence-corrected chi connectivity index (χ2v) is 10.2. The van der Waals surface area contributed by atoms with Crippen LogP contribution in [-0.2, 0) is 22.4 Å². The highest BCUT2D eigenvalue weighted by molar-refractivity contribution is 6.25. The summed E-state index contributed by atoms with van der Waals surface area (Å²) < 4.78 is 5.39. The van der Waals surface area contributed by atoms with Crippen LogP contribution in [0, 0.1) is 10.8 Å². The molecule has 8 nitrogen and oxygen atoms in total. The Morgan fingerprint density at radius 3 is 2.32 bits per heavy atom. The minimum atomic E-state index is -1.10. The van der Waals surface area contributed by atoms with Crippen LogP contribution in [-0.4, -0.2) is 44.7 Å². The summed E-state index contributed by atoms with van der Waals surface area (Å²) in [6.07, 6.45) is 1.96. The molecule has 1 saturated carbocycles. The van der Waals surface area contributed by atoms with Crippen LogP contribution in [0.2, 0.25) is 0 Å². The summed E-state index contributed by atoms with van der Waals surface area (Å²) in [7, 11) is 0. The summed E-state index contributed by atoms with van der Waals surface area (Å²) in [6.45, 7) is 9.26. The van der Waals surface area contributed by atoms with Crippen molar-refractivity contribution in [1.82, 2.24) is 5.16 Å². The first-order valence-corrected chi connectivity index (χ1v) is 10.6. The van der Waals surface area contributed by atoms with Gasteiger partial charge in [0.25, 0.3) is 0 Å².